The van der Waals surface area contributed by atoms with Crippen LogP contribution >= 0.6 is 23.1 Å². The summed E-state index contributed by atoms with van der Waals surface area (Å²) in [5.74, 6) is -0.644. The van der Waals surface area contributed by atoms with Gasteiger partial charge in [-0.25, -0.2) is 4.79 Å². The lowest BCUT2D eigenvalue weighted by atomic mass is 10.3. The van der Waals surface area contributed by atoms with Crippen LogP contribution in [0.5, 0.6) is 0 Å². The zero-order valence-electron chi connectivity index (χ0n) is 7.91. The number of thioether (sulfide) groups is 1. The topological polar surface area (TPSA) is 102 Å². The van der Waals surface area contributed by atoms with E-state index >= 15 is 0 Å². The van der Waals surface area contributed by atoms with Crippen LogP contribution in [0.25, 0.3) is 0 Å². The largest absolute Gasteiger partial charge is 0.475 e. The van der Waals surface area contributed by atoms with E-state index in [4.69, 9.17) is 15.3 Å². The van der Waals surface area contributed by atoms with Crippen molar-refractivity contribution in [2.24, 2.45) is 0 Å². The summed E-state index contributed by atoms with van der Waals surface area (Å²) in [5, 5.41) is 16.7. The molecule has 8 heteroatoms. The third-order valence-corrected chi connectivity index (χ3v) is 3.65. The van der Waals surface area contributed by atoms with Crippen molar-refractivity contribution < 1.29 is 14.3 Å². The number of hydrogen-bond donors (Lipinski definition) is 2. The predicted molar refractivity (Wildman–Crippen MR) is 59.5 cm³/mol. The number of aromatic nitrogens is 2. The van der Waals surface area contributed by atoms with E-state index in [9.17, 15) is 4.79 Å². The number of aromatic carboxylic acids is 1. The van der Waals surface area contributed by atoms with Crippen molar-refractivity contribution in [1.29, 1.82) is 0 Å². The van der Waals surface area contributed by atoms with Gasteiger partial charge in [0.05, 0.1) is 6.26 Å². The van der Waals surface area contributed by atoms with Crippen LogP contribution in [0.3, 0.4) is 0 Å². The first kappa shape index (κ1) is 11.0. The summed E-state index contributed by atoms with van der Waals surface area (Å²) in [4.78, 5) is 10.7. The Morgan fingerprint density at radius 1 is 1.62 bits per heavy atom. The minimum atomic E-state index is -1.07. The predicted octanol–water partition coefficient (Wildman–Crippen LogP) is 1.70. The molecule has 2 heterocycles. The molecule has 6 nitrogen and oxygen atoms in total. The van der Waals surface area contributed by atoms with Crippen LogP contribution in [0, 0.1) is 0 Å². The van der Waals surface area contributed by atoms with Gasteiger partial charge in [0.25, 0.3) is 0 Å². The van der Waals surface area contributed by atoms with E-state index in [1.807, 2.05) is 0 Å². The summed E-state index contributed by atoms with van der Waals surface area (Å²) in [7, 11) is 0. The molecule has 0 amide bonds. The molecule has 0 aromatic carbocycles. The number of nitrogens with zero attached hydrogens (tertiary/aromatic N) is 2. The normalized spacial score (nSPS) is 10.5. The number of hydrogen-bond acceptors (Lipinski definition) is 7. The van der Waals surface area contributed by atoms with Crippen LogP contribution in [0.2, 0.25) is 0 Å². The molecule has 0 bridgehead atoms. The second-order valence-corrected chi connectivity index (χ2v) is 5.01. The summed E-state index contributed by atoms with van der Waals surface area (Å²) in [5.41, 5.74) is 6.04. The molecule has 0 aliphatic rings. The highest BCUT2D eigenvalue weighted by Gasteiger charge is 2.14. The minimum Gasteiger partial charge on any atom is -0.475 e. The molecule has 84 valence electrons. The minimum absolute atomic E-state index is 0.0370. The Hall–Kier alpha value is -1.54. The lowest BCUT2D eigenvalue weighted by Crippen LogP contribution is -1.97. The van der Waals surface area contributed by atoms with Crippen LogP contribution in [-0.4, -0.2) is 21.3 Å². The third kappa shape index (κ3) is 2.34. The van der Waals surface area contributed by atoms with Crippen LogP contribution in [-0.2, 0) is 5.75 Å². The number of furan rings is 1. The van der Waals surface area contributed by atoms with Gasteiger partial charge in [0.15, 0.2) is 4.34 Å². The average Bonchev–Trinajstić information content (AvgIpc) is 2.83. The molecular formula is C8H7N3O3S2. The number of carbonyl (C=O) groups is 1. The maximum absolute atomic E-state index is 10.7. The Balaban J connectivity index is 2.04. The van der Waals surface area contributed by atoms with Crippen LogP contribution in [0.15, 0.2) is 21.1 Å². The molecule has 0 saturated carbocycles. The molecule has 0 fully saturated rings. The summed E-state index contributed by atoms with van der Waals surface area (Å²) in [6.45, 7) is 0. The van der Waals surface area contributed by atoms with E-state index in [1.165, 1.54) is 29.4 Å². The van der Waals surface area contributed by atoms with Crippen LogP contribution < -0.4 is 5.73 Å². The lowest BCUT2D eigenvalue weighted by molar-refractivity contribution is 0.0661. The van der Waals surface area contributed by atoms with Gasteiger partial charge in [-0.05, 0) is 6.07 Å². The van der Waals surface area contributed by atoms with Crippen molar-refractivity contribution in [3.63, 3.8) is 0 Å². The fraction of sp³-hybridized carbons (Fsp3) is 0.125. The van der Waals surface area contributed by atoms with Gasteiger partial charge >= 0.3 is 5.97 Å². The SMILES string of the molecule is Nc1nnc(SCc2ccoc2C(=O)O)s1. The number of nitrogens with two attached hydrogens (primary N) is 1. The average molecular weight is 257 g/mol. The van der Waals surface area contributed by atoms with Gasteiger partial charge in [0, 0.05) is 11.3 Å². The lowest BCUT2D eigenvalue weighted by Gasteiger charge is -1.95. The summed E-state index contributed by atoms with van der Waals surface area (Å²) in [6.07, 6.45) is 1.35. The highest BCUT2D eigenvalue weighted by molar-refractivity contribution is 8.00. The zero-order valence-corrected chi connectivity index (χ0v) is 9.55. The Bertz CT molecular complexity index is 508. The molecule has 16 heavy (non-hydrogen) atoms. The fourth-order valence-electron chi connectivity index (χ4n) is 1.06. The van der Waals surface area contributed by atoms with E-state index in [0.717, 1.165) is 0 Å². The second kappa shape index (κ2) is 4.54. The zero-order chi connectivity index (χ0) is 11.5. The van der Waals surface area contributed by atoms with Crippen molar-refractivity contribution in [2.45, 2.75) is 10.1 Å². The van der Waals surface area contributed by atoms with Gasteiger partial charge in [-0.1, -0.05) is 23.1 Å². The summed E-state index contributed by atoms with van der Waals surface area (Å²) < 4.78 is 5.55. The molecule has 0 radical (unpaired) electrons. The first-order valence-electron chi connectivity index (χ1n) is 4.18. The quantitative estimate of drug-likeness (QED) is 0.803. The molecule has 0 saturated heterocycles. The summed E-state index contributed by atoms with van der Waals surface area (Å²) >= 11 is 2.64. The van der Waals surface area contributed by atoms with Gasteiger partial charge in [0.1, 0.15) is 0 Å². The Labute approximate surface area is 98.5 Å². The molecule has 0 unspecified atom stereocenters. The molecule has 2 rings (SSSR count). The van der Waals surface area contributed by atoms with Gasteiger partial charge in [-0.2, -0.15) is 0 Å². The Kier molecular flexibility index (Phi) is 3.11. The Morgan fingerprint density at radius 2 is 2.44 bits per heavy atom. The highest BCUT2D eigenvalue weighted by Crippen LogP contribution is 2.28. The van der Waals surface area contributed by atoms with Gasteiger partial charge < -0.3 is 15.3 Å². The van der Waals surface area contributed by atoms with E-state index in [2.05, 4.69) is 10.2 Å². The molecule has 2 aromatic rings. The van der Waals surface area contributed by atoms with Crippen LogP contribution in [0.1, 0.15) is 16.1 Å². The maximum atomic E-state index is 10.7. The second-order valence-electron chi connectivity index (χ2n) is 2.77. The molecule has 0 aliphatic carbocycles. The van der Waals surface area contributed by atoms with Crippen molar-refractivity contribution in [3.05, 3.63) is 23.7 Å². The smallest absolute Gasteiger partial charge is 0.372 e. The van der Waals surface area contributed by atoms with E-state index < -0.39 is 5.97 Å². The molecule has 0 aliphatic heterocycles. The maximum Gasteiger partial charge on any atom is 0.372 e. The summed E-state index contributed by atoms with van der Waals surface area (Å²) in [6, 6.07) is 1.63. The van der Waals surface area contributed by atoms with Crippen molar-refractivity contribution in [2.75, 3.05) is 5.73 Å². The molecular weight excluding hydrogens is 250 g/mol. The van der Waals surface area contributed by atoms with Gasteiger partial charge in [-0.3, -0.25) is 0 Å². The van der Waals surface area contributed by atoms with E-state index in [1.54, 1.807) is 6.07 Å². The molecule has 0 spiro atoms. The molecule has 0 atom stereocenters. The van der Waals surface area contributed by atoms with Gasteiger partial charge in [0.2, 0.25) is 10.9 Å². The van der Waals surface area contributed by atoms with E-state index in [0.29, 0.717) is 20.8 Å². The highest BCUT2D eigenvalue weighted by atomic mass is 32.2. The number of carboxylic acids is 1. The standard InChI is InChI=1S/C8H7N3O3S2/c9-7-10-11-8(16-7)15-3-4-1-2-14-5(4)6(12)13/h1-2H,3H2,(H2,9,10)(H,12,13). The van der Waals surface area contributed by atoms with Crippen molar-refractivity contribution >= 4 is 34.2 Å². The van der Waals surface area contributed by atoms with Crippen LogP contribution in [0.4, 0.5) is 5.13 Å². The fourth-order valence-corrected chi connectivity index (χ4v) is 2.67. The molecule has 3 N–H and O–H groups in total. The first-order chi connectivity index (χ1) is 7.66. The monoisotopic (exact) mass is 257 g/mol. The number of anilines is 1. The van der Waals surface area contributed by atoms with Gasteiger partial charge in [-0.15, -0.1) is 10.2 Å². The van der Waals surface area contributed by atoms with Crippen molar-refractivity contribution in [3.8, 4) is 0 Å². The number of nitrogen functional groups attached to an aromatic ring is 1. The molecule has 2 aromatic heterocycles. The Morgan fingerprint density at radius 3 is 3.06 bits per heavy atom. The number of carboxylic acid groups (broad SMARTS) is 1. The van der Waals surface area contributed by atoms with E-state index in [-0.39, 0.29) is 5.76 Å². The third-order valence-electron chi connectivity index (χ3n) is 1.71. The van der Waals surface area contributed by atoms with Crippen molar-refractivity contribution in [1.82, 2.24) is 10.2 Å². The first-order valence-corrected chi connectivity index (χ1v) is 5.98. The number of rotatable bonds is 4.